The van der Waals surface area contributed by atoms with Gasteiger partial charge in [-0.2, -0.15) is 0 Å². The van der Waals surface area contributed by atoms with Crippen molar-refractivity contribution in [2.45, 2.75) is 85.5 Å². The first-order chi connectivity index (χ1) is 12.5. The average Bonchev–Trinajstić information content (AvgIpc) is 2.55. The molecule has 0 atom stereocenters. The van der Waals surface area contributed by atoms with Gasteiger partial charge in [0, 0.05) is 11.4 Å². The van der Waals surface area contributed by atoms with E-state index in [0.717, 1.165) is 17.8 Å². The minimum absolute atomic E-state index is 0.404. The van der Waals surface area contributed by atoms with E-state index in [2.05, 4.69) is 79.7 Å². The van der Waals surface area contributed by atoms with Crippen LogP contribution in [0.4, 0.5) is 11.4 Å². The van der Waals surface area contributed by atoms with E-state index in [1.807, 2.05) is 0 Å². The van der Waals surface area contributed by atoms with Crippen LogP contribution in [0.1, 0.15) is 112 Å². The standard InChI is InChI=1S/C25H38N2/c1-14(2)20-10-9-19(23(17(7)8)25(20)27)11-18-12-21(15(3)4)24(26)22(13-18)16(5)6/h9-10,12-17H,11,26-27H2,1-8H3. The van der Waals surface area contributed by atoms with Crippen molar-refractivity contribution >= 4 is 11.4 Å². The van der Waals surface area contributed by atoms with Crippen molar-refractivity contribution in [3.8, 4) is 0 Å². The third-order valence-corrected chi connectivity index (χ3v) is 5.55. The van der Waals surface area contributed by atoms with Crippen LogP contribution < -0.4 is 11.5 Å². The Morgan fingerprint density at radius 3 is 1.52 bits per heavy atom. The summed E-state index contributed by atoms with van der Waals surface area (Å²) < 4.78 is 0. The molecular weight excluding hydrogens is 328 g/mol. The van der Waals surface area contributed by atoms with Gasteiger partial charge in [-0.3, -0.25) is 0 Å². The number of anilines is 2. The van der Waals surface area contributed by atoms with Gasteiger partial charge in [-0.05, 0) is 63.5 Å². The van der Waals surface area contributed by atoms with Gasteiger partial charge < -0.3 is 11.5 Å². The summed E-state index contributed by atoms with van der Waals surface area (Å²) in [5, 5.41) is 0. The van der Waals surface area contributed by atoms with E-state index in [9.17, 15) is 0 Å². The summed E-state index contributed by atoms with van der Waals surface area (Å²) in [6.45, 7) is 17.8. The zero-order chi connectivity index (χ0) is 20.5. The molecule has 2 aromatic carbocycles. The Morgan fingerprint density at radius 2 is 1.11 bits per heavy atom. The first-order valence-corrected chi connectivity index (χ1v) is 10.4. The zero-order valence-electron chi connectivity index (χ0n) is 18.5. The summed E-state index contributed by atoms with van der Waals surface area (Å²) in [5.41, 5.74) is 22.8. The summed E-state index contributed by atoms with van der Waals surface area (Å²) in [7, 11) is 0. The summed E-state index contributed by atoms with van der Waals surface area (Å²) in [6.07, 6.45) is 0.899. The molecule has 2 heteroatoms. The Hall–Kier alpha value is -1.96. The molecule has 2 nitrogen and oxygen atoms in total. The van der Waals surface area contributed by atoms with Gasteiger partial charge in [0.2, 0.25) is 0 Å². The van der Waals surface area contributed by atoms with Gasteiger partial charge in [0.05, 0.1) is 0 Å². The molecule has 0 amide bonds. The number of hydrogen-bond donors (Lipinski definition) is 2. The fourth-order valence-corrected chi connectivity index (χ4v) is 4.08. The van der Waals surface area contributed by atoms with Crippen molar-refractivity contribution < 1.29 is 0 Å². The number of benzene rings is 2. The fraction of sp³-hybridized carbons (Fsp3) is 0.520. The zero-order valence-corrected chi connectivity index (χ0v) is 18.5. The maximum absolute atomic E-state index is 6.60. The molecule has 0 fully saturated rings. The lowest BCUT2D eigenvalue weighted by molar-refractivity contribution is 0.821. The number of rotatable bonds is 6. The van der Waals surface area contributed by atoms with Gasteiger partial charge in [0.15, 0.2) is 0 Å². The number of nitrogens with two attached hydrogens (primary N) is 2. The van der Waals surface area contributed by atoms with Crippen LogP contribution in [0.3, 0.4) is 0 Å². The molecule has 0 aliphatic rings. The quantitative estimate of drug-likeness (QED) is 0.544. The Bertz CT molecular complexity index is 769. The van der Waals surface area contributed by atoms with Crippen molar-refractivity contribution in [2.75, 3.05) is 11.5 Å². The summed E-state index contributed by atoms with van der Waals surface area (Å²) in [6, 6.07) is 9.08. The highest BCUT2D eigenvalue weighted by Crippen LogP contribution is 2.36. The Balaban J connectivity index is 2.58. The molecular formula is C25H38N2. The third-order valence-electron chi connectivity index (χ3n) is 5.55. The maximum Gasteiger partial charge on any atom is 0.0387 e. The molecule has 0 saturated heterocycles. The Kier molecular flexibility index (Phi) is 6.62. The minimum Gasteiger partial charge on any atom is -0.398 e. The largest absolute Gasteiger partial charge is 0.398 e. The molecule has 148 valence electrons. The molecule has 0 aliphatic carbocycles. The van der Waals surface area contributed by atoms with Crippen LogP contribution in [0.5, 0.6) is 0 Å². The SMILES string of the molecule is CC(C)c1cc(Cc2ccc(C(C)C)c(N)c2C(C)C)cc(C(C)C)c1N. The predicted octanol–water partition coefficient (Wildman–Crippen LogP) is 6.94. The monoisotopic (exact) mass is 366 g/mol. The Labute approximate surface area is 166 Å². The van der Waals surface area contributed by atoms with E-state index in [4.69, 9.17) is 11.5 Å². The fourth-order valence-electron chi connectivity index (χ4n) is 4.08. The molecule has 27 heavy (non-hydrogen) atoms. The molecule has 4 N–H and O–H groups in total. The summed E-state index contributed by atoms with van der Waals surface area (Å²) in [4.78, 5) is 0. The molecule has 0 saturated carbocycles. The molecule has 0 spiro atoms. The molecule has 2 rings (SSSR count). The van der Waals surface area contributed by atoms with Crippen molar-refractivity contribution in [3.63, 3.8) is 0 Å². The van der Waals surface area contributed by atoms with E-state index in [0.29, 0.717) is 23.7 Å². The summed E-state index contributed by atoms with van der Waals surface area (Å²) >= 11 is 0. The van der Waals surface area contributed by atoms with Gasteiger partial charge in [-0.15, -0.1) is 0 Å². The van der Waals surface area contributed by atoms with Crippen LogP contribution in [0.15, 0.2) is 24.3 Å². The molecule has 0 unspecified atom stereocenters. The van der Waals surface area contributed by atoms with Crippen LogP contribution >= 0.6 is 0 Å². The van der Waals surface area contributed by atoms with Crippen molar-refractivity contribution in [2.24, 2.45) is 0 Å². The molecule has 0 radical (unpaired) electrons. The van der Waals surface area contributed by atoms with E-state index in [1.165, 1.54) is 33.4 Å². The molecule has 0 aromatic heterocycles. The molecule has 0 heterocycles. The van der Waals surface area contributed by atoms with Crippen LogP contribution in [0.2, 0.25) is 0 Å². The lowest BCUT2D eigenvalue weighted by atomic mass is 9.85. The van der Waals surface area contributed by atoms with E-state index in [-0.39, 0.29) is 0 Å². The normalized spacial score (nSPS) is 12.0. The van der Waals surface area contributed by atoms with Gasteiger partial charge >= 0.3 is 0 Å². The van der Waals surface area contributed by atoms with Crippen LogP contribution in [-0.4, -0.2) is 0 Å². The van der Waals surface area contributed by atoms with Gasteiger partial charge in [-0.25, -0.2) is 0 Å². The number of nitrogen functional groups attached to an aromatic ring is 2. The minimum atomic E-state index is 0.404. The Morgan fingerprint density at radius 1 is 0.630 bits per heavy atom. The van der Waals surface area contributed by atoms with Gasteiger partial charge in [0.25, 0.3) is 0 Å². The molecule has 2 aromatic rings. The van der Waals surface area contributed by atoms with Crippen molar-refractivity contribution in [1.82, 2.24) is 0 Å². The topological polar surface area (TPSA) is 52.0 Å². The van der Waals surface area contributed by atoms with Crippen molar-refractivity contribution in [3.05, 3.63) is 57.6 Å². The lowest BCUT2D eigenvalue weighted by Gasteiger charge is -2.22. The van der Waals surface area contributed by atoms with Gasteiger partial charge in [0.1, 0.15) is 0 Å². The number of hydrogen-bond acceptors (Lipinski definition) is 2. The molecule has 0 bridgehead atoms. The van der Waals surface area contributed by atoms with Crippen LogP contribution in [0.25, 0.3) is 0 Å². The van der Waals surface area contributed by atoms with Crippen LogP contribution in [0, 0.1) is 0 Å². The first-order valence-electron chi connectivity index (χ1n) is 10.4. The highest BCUT2D eigenvalue weighted by Gasteiger charge is 2.18. The lowest BCUT2D eigenvalue weighted by Crippen LogP contribution is -2.09. The van der Waals surface area contributed by atoms with Crippen LogP contribution in [-0.2, 0) is 6.42 Å². The summed E-state index contributed by atoms with van der Waals surface area (Å²) in [5.74, 6) is 1.68. The third kappa shape index (κ3) is 4.48. The predicted molar refractivity (Wildman–Crippen MR) is 121 cm³/mol. The smallest absolute Gasteiger partial charge is 0.0387 e. The second-order valence-electron chi connectivity index (χ2n) is 9.12. The first kappa shape index (κ1) is 21.3. The second kappa shape index (κ2) is 8.37. The van der Waals surface area contributed by atoms with E-state index in [1.54, 1.807) is 0 Å². The van der Waals surface area contributed by atoms with E-state index < -0.39 is 0 Å². The van der Waals surface area contributed by atoms with Crippen molar-refractivity contribution in [1.29, 1.82) is 0 Å². The average molecular weight is 367 g/mol. The maximum atomic E-state index is 6.60. The molecule has 0 aliphatic heterocycles. The highest BCUT2D eigenvalue weighted by molar-refractivity contribution is 5.62. The highest BCUT2D eigenvalue weighted by atomic mass is 14.6. The van der Waals surface area contributed by atoms with E-state index >= 15 is 0 Å². The second-order valence-corrected chi connectivity index (χ2v) is 9.12. The van der Waals surface area contributed by atoms with Gasteiger partial charge in [-0.1, -0.05) is 79.7 Å².